The number of ether oxygens (including phenoxy) is 1. The second kappa shape index (κ2) is 9.51. The SMILES string of the molecule is CC[C@H](C)[C@@H](C(=O)O[C@@H](C)C(=O)NC(=O)NC(C)C)N1C(=O)c2ccccc2C1=O. The molecule has 0 fully saturated rings. The fourth-order valence-electron chi connectivity index (χ4n) is 3.09. The summed E-state index contributed by atoms with van der Waals surface area (Å²) in [5.74, 6) is -3.26. The number of carbonyl (C=O) groups excluding carboxylic acids is 5. The summed E-state index contributed by atoms with van der Waals surface area (Å²) in [6.07, 6.45) is -0.804. The van der Waals surface area contributed by atoms with Crippen LogP contribution in [-0.4, -0.2) is 52.8 Å². The van der Waals surface area contributed by atoms with E-state index in [1.54, 1.807) is 32.9 Å². The van der Waals surface area contributed by atoms with Crippen molar-refractivity contribution in [3.63, 3.8) is 0 Å². The molecular weight excluding hydrogens is 390 g/mol. The van der Waals surface area contributed by atoms with Crippen LogP contribution >= 0.6 is 0 Å². The van der Waals surface area contributed by atoms with Crippen LogP contribution in [0.1, 0.15) is 61.8 Å². The molecule has 2 N–H and O–H groups in total. The van der Waals surface area contributed by atoms with Crippen LogP contribution in [0.3, 0.4) is 0 Å². The minimum atomic E-state index is -1.29. The Kier molecular flexibility index (Phi) is 7.31. The molecule has 0 aromatic heterocycles. The van der Waals surface area contributed by atoms with Gasteiger partial charge in [-0.2, -0.15) is 0 Å². The number of benzene rings is 1. The van der Waals surface area contributed by atoms with Crippen molar-refractivity contribution >= 4 is 29.7 Å². The monoisotopic (exact) mass is 417 g/mol. The molecule has 5 amide bonds. The predicted octanol–water partition coefficient (Wildman–Crippen LogP) is 1.86. The van der Waals surface area contributed by atoms with E-state index in [0.29, 0.717) is 6.42 Å². The lowest BCUT2D eigenvalue weighted by Gasteiger charge is -2.29. The molecule has 1 aliphatic rings. The molecule has 162 valence electrons. The zero-order valence-electron chi connectivity index (χ0n) is 17.7. The van der Waals surface area contributed by atoms with Gasteiger partial charge in [-0.3, -0.25) is 24.6 Å². The van der Waals surface area contributed by atoms with E-state index < -0.39 is 47.8 Å². The third kappa shape index (κ3) is 4.84. The largest absolute Gasteiger partial charge is 0.451 e. The van der Waals surface area contributed by atoms with E-state index in [0.717, 1.165) is 4.90 Å². The first-order valence-corrected chi connectivity index (χ1v) is 9.87. The lowest BCUT2D eigenvalue weighted by molar-refractivity contribution is -0.159. The van der Waals surface area contributed by atoms with Crippen molar-refractivity contribution < 1.29 is 28.7 Å². The Balaban J connectivity index is 2.17. The van der Waals surface area contributed by atoms with E-state index in [9.17, 15) is 24.0 Å². The van der Waals surface area contributed by atoms with Crippen LogP contribution in [0.5, 0.6) is 0 Å². The number of amides is 5. The van der Waals surface area contributed by atoms with Crippen LogP contribution < -0.4 is 10.6 Å². The molecule has 9 nitrogen and oxygen atoms in total. The molecule has 0 aliphatic carbocycles. The van der Waals surface area contributed by atoms with Crippen LogP contribution in [0.15, 0.2) is 24.3 Å². The van der Waals surface area contributed by atoms with Gasteiger partial charge in [-0.15, -0.1) is 0 Å². The Morgan fingerprint density at radius 1 is 1.00 bits per heavy atom. The maximum absolute atomic E-state index is 12.9. The third-order valence-electron chi connectivity index (χ3n) is 4.85. The lowest BCUT2D eigenvalue weighted by atomic mass is 9.97. The number of rotatable bonds is 7. The van der Waals surface area contributed by atoms with Crippen LogP contribution in [0.25, 0.3) is 0 Å². The van der Waals surface area contributed by atoms with Gasteiger partial charge in [-0.25, -0.2) is 9.59 Å². The van der Waals surface area contributed by atoms with E-state index in [4.69, 9.17) is 4.74 Å². The summed E-state index contributed by atoms with van der Waals surface area (Å²) in [4.78, 5) is 63.3. The number of carbonyl (C=O) groups is 5. The van der Waals surface area contributed by atoms with Gasteiger partial charge in [0.25, 0.3) is 17.7 Å². The Morgan fingerprint density at radius 2 is 1.53 bits per heavy atom. The minimum Gasteiger partial charge on any atom is -0.451 e. The normalized spacial score (nSPS) is 16.0. The van der Waals surface area contributed by atoms with Gasteiger partial charge < -0.3 is 10.1 Å². The van der Waals surface area contributed by atoms with Crippen molar-refractivity contribution in [2.45, 2.75) is 59.2 Å². The van der Waals surface area contributed by atoms with Crippen molar-refractivity contribution in [3.05, 3.63) is 35.4 Å². The van der Waals surface area contributed by atoms with Gasteiger partial charge in [0, 0.05) is 6.04 Å². The molecule has 0 unspecified atom stereocenters. The predicted molar refractivity (Wildman–Crippen MR) is 108 cm³/mol. The second-order valence-electron chi connectivity index (χ2n) is 7.55. The van der Waals surface area contributed by atoms with Crippen molar-refractivity contribution in [1.29, 1.82) is 0 Å². The Bertz CT molecular complexity index is 831. The Morgan fingerprint density at radius 3 is 2.00 bits per heavy atom. The van der Waals surface area contributed by atoms with E-state index in [1.807, 2.05) is 6.92 Å². The summed E-state index contributed by atoms with van der Waals surface area (Å²) in [6, 6.07) is 4.24. The fraction of sp³-hybridized carbons (Fsp3) is 0.476. The number of urea groups is 1. The molecule has 0 bridgehead atoms. The number of nitrogens with zero attached hydrogens (tertiary/aromatic N) is 1. The molecule has 9 heteroatoms. The molecular formula is C21H27N3O6. The van der Waals surface area contributed by atoms with Gasteiger partial charge in [-0.1, -0.05) is 32.4 Å². The fourth-order valence-corrected chi connectivity index (χ4v) is 3.09. The van der Waals surface area contributed by atoms with Gasteiger partial charge >= 0.3 is 12.0 Å². The smallest absolute Gasteiger partial charge is 0.330 e. The van der Waals surface area contributed by atoms with Gasteiger partial charge in [-0.05, 0) is 38.8 Å². The topological polar surface area (TPSA) is 122 Å². The molecule has 1 aromatic rings. The molecule has 3 atom stereocenters. The zero-order valence-corrected chi connectivity index (χ0v) is 17.7. The summed E-state index contributed by atoms with van der Waals surface area (Å²) >= 11 is 0. The first-order chi connectivity index (χ1) is 14.1. The molecule has 0 spiro atoms. The first-order valence-electron chi connectivity index (χ1n) is 9.87. The third-order valence-corrected chi connectivity index (χ3v) is 4.85. The van der Waals surface area contributed by atoms with Crippen molar-refractivity contribution in [2.24, 2.45) is 5.92 Å². The maximum atomic E-state index is 12.9. The number of hydrogen-bond acceptors (Lipinski definition) is 6. The van der Waals surface area contributed by atoms with Gasteiger partial charge in [0.1, 0.15) is 6.04 Å². The maximum Gasteiger partial charge on any atom is 0.330 e. The van der Waals surface area contributed by atoms with E-state index in [-0.39, 0.29) is 17.2 Å². The number of imide groups is 2. The number of fused-ring (bicyclic) bond motifs is 1. The average molecular weight is 417 g/mol. The number of hydrogen-bond donors (Lipinski definition) is 2. The second-order valence-corrected chi connectivity index (χ2v) is 7.55. The average Bonchev–Trinajstić information content (AvgIpc) is 2.92. The zero-order chi connectivity index (χ0) is 22.6. The molecule has 0 saturated carbocycles. The highest BCUT2D eigenvalue weighted by atomic mass is 16.5. The first kappa shape index (κ1) is 23.1. The summed E-state index contributed by atoms with van der Waals surface area (Å²) in [5.41, 5.74) is 0.444. The lowest BCUT2D eigenvalue weighted by Crippen LogP contribution is -2.51. The quantitative estimate of drug-likeness (QED) is 0.516. The number of esters is 1. The van der Waals surface area contributed by atoms with Crippen molar-refractivity contribution in [2.75, 3.05) is 0 Å². The van der Waals surface area contributed by atoms with Crippen LogP contribution in [0.4, 0.5) is 4.79 Å². The highest BCUT2D eigenvalue weighted by Gasteiger charge is 2.45. The standard InChI is InChI=1S/C21H27N3O6/c1-6-12(4)16(24-18(26)14-9-7-8-10-15(14)19(24)27)20(28)30-13(5)17(25)23-21(29)22-11(2)3/h7-13,16H,6H2,1-5H3,(H2,22,23,25,29)/t12-,13-,16-/m0/s1. The molecule has 1 aliphatic heterocycles. The molecule has 2 rings (SSSR count). The van der Waals surface area contributed by atoms with Crippen LogP contribution in [-0.2, 0) is 14.3 Å². The molecule has 0 radical (unpaired) electrons. The van der Waals surface area contributed by atoms with Crippen LogP contribution in [0.2, 0.25) is 0 Å². The Hall–Kier alpha value is -3.23. The van der Waals surface area contributed by atoms with E-state index in [2.05, 4.69) is 10.6 Å². The van der Waals surface area contributed by atoms with Crippen LogP contribution in [0, 0.1) is 5.92 Å². The molecule has 0 saturated heterocycles. The summed E-state index contributed by atoms with van der Waals surface area (Å²) in [5, 5.41) is 4.58. The molecule has 30 heavy (non-hydrogen) atoms. The Labute approximate surface area is 175 Å². The summed E-state index contributed by atoms with van der Waals surface area (Å²) < 4.78 is 5.23. The van der Waals surface area contributed by atoms with E-state index >= 15 is 0 Å². The minimum absolute atomic E-state index is 0.181. The molecule has 1 aromatic carbocycles. The van der Waals surface area contributed by atoms with Gasteiger partial charge in [0.2, 0.25) is 0 Å². The van der Waals surface area contributed by atoms with Gasteiger partial charge in [0.05, 0.1) is 11.1 Å². The van der Waals surface area contributed by atoms with Crippen molar-refractivity contribution in [3.8, 4) is 0 Å². The summed E-state index contributed by atoms with van der Waals surface area (Å²) in [7, 11) is 0. The van der Waals surface area contributed by atoms with E-state index in [1.165, 1.54) is 19.1 Å². The van der Waals surface area contributed by atoms with Crippen molar-refractivity contribution in [1.82, 2.24) is 15.5 Å². The summed E-state index contributed by atoms with van der Waals surface area (Å²) in [6.45, 7) is 8.30. The number of nitrogens with one attached hydrogen (secondary N) is 2. The highest BCUT2D eigenvalue weighted by Crippen LogP contribution is 2.28. The molecule has 1 heterocycles. The highest BCUT2D eigenvalue weighted by molar-refractivity contribution is 6.22. The van der Waals surface area contributed by atoms with Gasteiger partial charge in [0.15, 0.2) is 6.10 Å².